The summed E-state index contributed by atoms with van der Waals surface area (Å²) in [6.07, 6.45) is 1.86. The highest BCUT2D eigenvalue weighted by Crippen LogP contribution is 2.26. The second kappa shape index (κ2) is 5.72. The van der Waals surface area contributed by atoms with Crippen molar-refractivity contribution in [3.63, 3.8) is 0 Å². The highest BCUT2D eigenvalue weighted by Gasteiger charge is 2.17. The molecule has 16 heavy (non-hydrogen) atoms. The second-order valence-electron chi connectivity index (χ2n) is 4.02. The number of aromatic hydroxyl groups is 2. The number of unbranched alkanes of at least 4 members (excludes halogenated alkanes) is 1. The molecule has 0 radical (unpaired) electrons. The van der Waals surface area contributed by atoms with Crippen molar-refractivity contribution < 1.29 is 15.3 Å². The molecule has 90 valence electrons. The Kier molecular flexibility index (Phi) is 4.58. The van der Waals surface area contributed by atoms with Gasteiger partial charge in [-0.15, -0.1) is 0 Å². The van der Waals surface area contributed by atoms with Gasteiger partial charge in [-0.3, -0.25) is 0 Å². The first-order valence-corrected chi connectivity index (χ1v) is 5.51. The molecule has 0 aromatic heterocycles. The highest BCUT2D eigenvalue weighted by atomic mass is 16.3. The Morgan fingerprint density at radius 2 is 1.75 bits per heavy atom. The van der Waals surface area contributed by atoms with Gasteiger partial charge in [0.1, 0.15) is 11.5 Å². The monoisotopic (exact) mass is 225 g/mol. The first kappa shape index (κ1) is 12.8. The molecular weight excluding hydrogens is 206 g/mol. The molecule has 0 fully saturated rings. The van der Waals surface area contributed by atoms with Crippen molar-refractivity contribution in [2.45, 2.75) is 38.3 Å². The lowest BCUT2D eigenvalue weighted by Crippen LogP contribution is -2.26. The molecule has 0 saturated heterocycles. The summed E-state index contributed by atoms with van der Waals surface area (Å²) < 4.78 is 0. The maximum absolute atomic E-state index is 9.80. The van der Waals surface area contributed by atoms with E-state index in [1.165, 1.54) is 18.2 Å². The van der Waals surface area contributed by atoms with Gasteiger partial charge >= 0.3 is 0 Å². The molecule has 0 spiro atoms. The predicted octanol–water partition coefficient (Wildman–Crippen LogP) is 1.65. The van der Waals surface area contributed by atoms with Crippen LogP contribution in [-0.4, -0.2) is 21.4 Å². The fourth-order valence-corrected chi connectivity index (χ4v) is 1.63. The summed E-state index contributed by atoms with van der Waals surface area (Å²) in [6.45, 7) is 2.04. The smallest absolute Gasteiger partial charge is 0.119 e. The number of phenolic OH excluding ortho intramolecular Hbond substituents is 2. The molecule has 2 atom stereocenters. The molecule has 0 aliphatic rings. The minimum atomic E-state index is -0.652. The van der Waals surface area contributed by atoms with E-state index in [0.717, 1.165) is 12.8 Å². The maximum atomic E-state index is 9.80. The number of benzene rings is 1. The first-order chi connectivity index (χ1) is 7.54. The molecule has 0 amide bonds. The van der Waals surface area contributed by atoms with Crippen molar-refractivity contribution in [3.8, 4) is 11.5 Å². The number of hydrogen-bond acceptors (Lipinski definition) is 4. The van der Waals surface area contributed by atoms with Crippen LogP contribution < -0.4 is 5.73 Å². The molecule has 4 nitrogen and oxygen atoms in total. The molecular formula is C12H19NO3. The number of aliphatic hydroxyl groups is 1. The summed E-state index contributed by atoms with van der Waals surface area (Å²) in [4.78, 5) is 0. The van der Waals surface area contributed by atoms with Crippen LogP contribution in [0.3, 0.4) is 0 Å². The summed E-state index contributed by atoms with van der Waals surface area (Å²) in [5, 5.41) is 28.4. The lowest BCUT2D eigenvalue weighted by Gasteiger charge is -2.19. The average molecular weight is 225 g/mol. The third kappa shape index (κ3) is 3.40. The van der Waals surface area contributed by atoms with E-state index >= 15 is 0 Å². The molecule has 1 aromatic rings. The molecule has 0 saturated carbocycles. The lowest BCUT2D eigenvalue weighted by molar-refractivity contribution is 0.132. The van der Waals surface area contributed by atoms with Crippen LogP contribution in [0.25, 0.3) is 0 Å². The average Bonchev–Trinajstić information content (AvgIpc) is 2.23. The molecule has 5 N–H and O–H groups in total. The minimum Gasteiger partial charge on any atom is -0.508 e. The Balaban J connectivity index is 2.74. The third-order valence-electron chi connectivity index (χ3n) is 2.58. The van der Waals surface area contributed by atoms with Crippen LogP contribution in [0.1, 0.15) is 37.8 Å². The molecule has 0 aliphatic heterocycles. The van der Waals surface area contributed by atoms with Gasteiger partial charge in [-0.25, -0.2) is 0 Å². The van der Waals surface area contributed by atoms with E-state index in [4.69, 9.17) is 5.73 Å². The van der Waals surface area contributed by atoms with Crippen LogP contribution in [0.5, 0.6) is 11.5 Å². The van der Waals surface area contributed by atoms with Gasteiger partial charge in [-0.05, 0) is 24.1 Å². The second-order valence-corrected chi connectivity index (χ2v) is 4.02. The maximum Gasteiger partial charge on any atom is 0.119 e. The van der Waals surface area contributed by atoms with Gasteiger partial charge in [0.15, 0.2) is 0 Å². The molecule has 0 aliphatic carbocycles. The van der Waals surface area contributed by atoms with Crippen molar-refractivity contribution in [3.05, 3.63) is 23.8 Å². The normalized spacial score (nSPS) is 14.7. The highest BCUT2D eigenvalue weighted by molar-refractivity contribution is 5.38. The van der Waals surface area contributed by atoms with Crippen LogP contribution in [-0.2, 0) is 0 Å². The van der Waals surface area contributed by atoms with E-state index < -0.39 is 12.1 Å². The van der Waals surface area contributed by atoms with Gasteiger partial charge in [0, 0.05) is 6.07 Å². The number of phenols is 2. The van der Waals surface area contributed by atoms with E-state index in [1.807, 2.05) is 6.92 Å². The molecule has 0 bridgehead atoms. The first-order valence-electron chi connectivity index (χ1n) is 5.51. The van der Waals surface area contributed by atoms with Crippen LogP contribution in [0.4, 0.5) is 0 Å². The Hall–Kier alpha value is -1.26. The lowest BCUT2D eigenvalue weighted by atomic mass is 9.98. The zero-order chi connectivity index (χ0) is 12.1. The van der Waals surface area contributed by atoms with Gasteiger partial charge in [0.25, 0.3) is 0 Å². The van der Waals surface area contributed by atoms with E-state index in [0.29, 0.717) is 12.0 Å². The SMILES string of the molecule is CCCC[C@H](O)[C@H](N)c1cc(O)cc(O)c1. The van der Waals surface area contributed by atoms with Gasteiger partial charge in [-0.2, -0.15) is 0 Å². The van der Waals surface area contributed by atoms with Crippen LogP contribution in [0, 0.1) is 0 Å². The third-order valence-corrected chi connectivity index (χ3v) is 2.58. The van der Waals surface area contributed by atoms with E-state index in [-0.39, 0.29) is 11.5 Å². The van der Waals surface area contributed by atoms with Gasteiger partial charge in [0.2, 0.25) is 0 Å². The number of aliphatic hydroxyl groups excluding tert-OH is 1. The quantitative estimate of drug-likeness (QED) is 0.613. The summed E-state index contributed by atoms with van der Waals surface area (Å²) in [5.74, 6) is -0.0960. The molecule has 4 heteroatoms. The Morgan fingerprint density at radius 1 is 1.19 bits per heavy atom. The number of nitrogens with two attached hydrogens (primary N) is 1. The zero-order valence-electron chi connectivity index (χ0n) is 9.43. The van der Waals surface area contributed by atoms with Crippen molar-refractivity contribution in [2.75, 3.05) is 0 Å². The van der Waals surface area contributed by atoms with Crippen LogP contribution in [0.15, 0.2) is 18.2 Å². The number of rotatable bonds is 5. The standard InChI is InChI=1S/C12H19NO3/c1-2-3-4-11(16)12(13)8-5-9(14)7-10(15)6-8/h5-7,11-12,14-16H,2-4,13H2,1H3/t11-,12+/m0/s1. The van der Waals surface area contributed by atoms with Crippen molar-refractivity contribution in [2.24, 2.45) is 5.73 Å². The zero-order valence-corrected chi connectivity index (χ0v) is 9.43. The largest absolute Gasteiger partial charge is 0.508 e. The predicted molar refractivity (Wildman–Crippen MR) is 62.2 cm³/mol. The summed E-state index contributed by atoms with van der Waals surface area (Å²) in [7, 11) is 0. The van der Waals surface area contributed by atoms with Gasteiger partial charge < -0.3 is 21.1 Å². The minimum absolute atomic E-state index is 0.0480. The fraction of sp³-hybridized carbons (Fsp3) is 0.500. The number of hydrogen-bond donors (Lipinski definition) is 4. The molecule has 0 heterocycles. The van der Waals surface area contributed by atoms with Crippen LogP contribution >= 0.6 is 0 Å². The van der Waals surface area contributed by atoms with Crippen LogP contribution in [0.2, 0.25) is 0 Å². The summed E-state index contributed by atoms with van der Waals surface area (Å²) in [5.41, 5.74) is 6.39. The topological polar surface area (TPSA) is 86.7 Å². The van der Waals surface area contributed by atoms with E-state index in [2.05, 4.69) is 0 Å². The summed E-state index contributed by atoms with van der Waals surface area (Å²) >= 11 is 0. The fourth-order valence-electron chi connectivity index (χ4n) is 1.63. The molecule has 1 rings (SSSR count). The Labute approximate surface area is 95.3 Å². The van der Waals surface area contributed by atoms with Crippen molar-refractivity contribution in [1.29, 1.82) is 0 Å². The molecule has 1 aromatic carbocycles. The Morgan fingerprint density at radius 3 is 2.25 bits per heavy atom. The van der Waals surface area contributed by atoms with Gasteiger partial charge in [-0.1, -0.05) is 19.8 Å². The van der Waals surface area contributed by atoms with Crippen molar-refractivity contribution >= 4 is 0 Å². The Bertz CT molecular complexity index is 321. The van der Waals surface area contributed by atoms with E-state index in [9.17, 15) is 15.3 Å². The molecule has 0 unspecified atom stereocenters. The van der Waals surface area contributed by atoms with E-state index in [1.54, 1.807) is 0 Å². The van der Waals surface area contributed by atoms with Crippen molar-refractivity contribution in [1.82, 2.24) is 0 Å². The summed E-state index contributed by atoms with van der Waals surface area (Å²) in [6, 6.07) is 3.57. The van der Waals surface area contributed by atoms with Gasteiger partial charge in [0.05, 0.1) is 12.1 Å².